The second-order valence-corrected chi connectivity index (χ2v) is 5.11. The molecule has 1 amide bonds. The molecule has 0 aliphatic rings. The summed E-state index contributed by atoms with van der Waals surface area (Å²) in [7, 11) is 1.52. The molecule has 6 heteroatoms. The molecule has 126 valence electrons. The number of methoxy groups -OCH3 is 1. The van der Waals surface area contributed by atoms with Crippen LogP contribution < -0.4 is 15.8 Å². The maximum atomic E-state index is 12.2. The van der Waals surface area contributed by atoms with Gasteiger partial charge in [0.15, 0.2) is 5.78 Å². The maximum Gasteiger partial charge on any atom is 0.407 e. The molecular weight excluding hydrogens is 308 g/mol. The molecule has 0 spiro atoms. The van der Waals surface area contributed by atoms with E-state index in [4.69, 9.17) is 15.2 Å². The van der Waals surface area contributed by atoms with Crippen molar-refractivity contribution in [1.82, 2.24) is 5.32 Å². The predicted molar refractivity (Wildman–Crippen MR) is 91.0 cm³/mol. The minimum absolute atomic E-state index is 0.123. The number of ether oxygens (including phenoxy) is 2. The van der Waals surface area contributed by atoms with Gasteiger partial charge in [-0.1, -0.05) is 30.3 Å². The molecule has 0 aromatic heterocycles. The van der Waals surface area contributed by atoms with Gasteiger partial charge in [-0.05, 0) is 23.8 Å². The van der Waals surface area contributed by atoms with E-state index in [9.17, 15) is 9.59 Å². The lowest BCUT2D eigenvalue weighted by atomic mass is 10.1. The predicted octanol–water partition coefficient (Wildman–Crippen LogP) is 2.78. The summed E-state index contributed by atoms with van der Waals surface area (Å²) in [5.74, 6) is 0.387. The summed E-state index contributed by atoms with van der Waals surface area (Å²) in [4.78, 5) is 23.8. The summed E-state index contributed by atoms with van der Waals surface area (Å²) < 4.78 is 10.1. The van der Waals surface area contributed by atoms with Crippen molar-refractivity contribution >= 4 is 17.6 Å². The summed E-state index contributed by atoms with van der Waals surface area (Å²) in [6, 6.07) is 14.2. The van der Waals surface area contributed by atoms with Gasteiger partial charge < -0.3 is 20.5 Å². The molecular formula is C18H20N2O4. The number of anilines is 1. The maximum absolute atomic E-state index is 12.2. The number of benzene rings is 2. The van der Waals surface area contributed by atoms with Crippen molar-refractivity contribution in [3.8, 4) is 5.75 Å². The zero-order valence-corrected chi connectivity index (χ0v) is 13.5. The minimum Gasteiger partial charge on any atom is -0.497 e. The van der Waals surface area contributed by atoms with E-state index < -0.39 is 6.09 Å². The standard InChI is InChI=1S/C18H20N2O4/c1-23-14-7-8-16(19)15(11-14)17(21)9-10-20-18(22)24-12-13-5-3-2-4-6-13/h2-8,11H,9-10,12,19H2,1H3,(H,20,22). The van der Waals surface area contributed by atoms with Crippen LogP contribution in [0.5, 0.6) is 5.75 Å². The fourth-order valence-electron chi connectivity index (χ4n) is 2.09. The Bertz CT molecular complexity index is 701. The Morgan fingerprint density at radius 1 is 1.12 bits per heavy atom. The molecule has 2 aromatic carbocycles. The van der Waals surface area contributed by atoms with Crippen molar-refractivity contribution in [2.45, 2.75) is 13.0 Å². The second kappa shape index (κ2) is 8.57. The number of alkyl carbamates (subject to hydrolysis) is 1. The van der Waals surface area contributed by atoms with Gasteiger partial charge in [0.1, 0.15) is 12.4 Å². The van der Waals surface area contributed by atoms with Crippen LogP contribution in [0, 0.1) is 0 Å². The van der Waals surface area contributed by atoms with E-state index in [1.165, 1.54) is 7.11 Å². The van der Waals surface area contributed by atoms with Crippen LogP contribution in [0.25, 0.3) is 0 Å². The first-order chi connectivity index (χ1) is 11.6. The van der Waals surface area contributed by atoms with Gasteiger partial charge in [-0.15, -0.1) is 0 Å². The third-order valence-corrected chi connectivity index (χ3v) is 3.40. The first kappa shape index (κ1) is 17.3. The van der Waals surface area contributed by atoms with Crippen molar-refractivity contribution in [3.05, 3.63) is 59.7 Å². The molecule has 0 heterocycles. The number of amides is 1. The van der Waals surface area contributed by atoms with Crippen LogP contribution >= 0.6 is 0 Å². The SMILES string of the molecule is COc1ccc(N)c(C(=O)CCNC(=O)OCc2ccccc2)c1. The van der Waals surface area contributed by atoms with E-state index in [0.29, 0.717) is 17.0 Å². The van der Waals surface area contributed by atoms with Crippen LogP contribution in [-0.4, -0.2) is 25.5 Å². The van der Waals surface area contributed by atoms with E-state index in [1.54, 1.807) is 18.2 Å². The largest absolute Gasteiger partial charge is 0.497 e. The fraction of sp³-hybridized carbons (Fsp3) is 0.222. The Kier molecular flexibility index (Phi) is 6.19. The highest BCUT2D eigenvalue weighted by molar-refractivity contribution is 6.01. The molecule has 0 radical (unpaired) electrons. The third-order valence-electron chi connectivity index (χ3n) is 3.40. The van der Waals surface area contributed by atoms with Gasteiger partial charge in [0, 0.05) is 24.2 Å². The molecule has 0 aliphatic heterocycles. The molecule has 0 aliphatic carbocycles. The first-order valence-electron chi connectivity index (χ1n) is 7.51. The summed E-state index contributed by atoms with van der Waals surface area (Å²) >= 11 is 0. The van der Waals surface area contributed by atoms with Crippen molar-refractivity contribution in [1.29, 1.82) is 0 Å². The quantitative estimate of drug-likeness (QED) is 0.602. The van der Waals surface area contributed by atoms with E-state index in [-0.39, 0.29) is 25.4 Å². The molecule has 3 N–H and O–H groups in total. The summed E-state index contributed by atoms with van der Waals surface area (Å²) in [6.45, 7) is 0.354. The lowest BCUT2D eigenvalue weighted by Crippen LogP contribution is -2.26. The number of Topliss-reactive ketones (excluding diaryl/α,β-unsaturated/α-hetero) is 1. The Hall–Kier alpha value is -3.02. The molecule has 2 aromatic rings. The smallest absolute Gasteiger partial charge is 0.407 e. The minimum atomic E-state index is -0.565. The number of hydrogen-bond acceptors (Lipinski definition) is 5. The van der Waals surface area contributed by atoms with Gasteiger partial charge in [-0.3, -0.25) is 4.79 Å². The molecule has 0 unspecified atom stereocenters. The molecule has 2 rings (SSSR count). The average Bonchev–Trinajstić information content (AvgIpc) is 2.61. The normalized spacial score (nSPS) is 10.0. The number of carbonyl (C=O) groups is 2. The monoisotopic (exact) mass is 328 g/mol. The zero-order chi connectivity index (χ0) is 17.4. The number of carbonyl (C=O) groups excluding carboxylic acids is 2. The van der Waals surface area contributed by atoms with Crippen molar-refractivity contribution in [2.75, 3.05) is 19.4 Å². The molecule has 24 heavy (non-hydrogen) atoms. The van der Waals surface area contributed by atoms with E-state index in [1.807, 2.05) is 30.3 Å². The van der Waals surface area contributed by atoms with Gasteiger partial charge in [-0.2, -0.15) is 0 Å². The summed E-state index contributed by atoms with van der Waals surface area (Å²) in [5.41, 5.74) is 7.46. The van der Waals surface area contributed by atoms with E-state index in [2.05, 4.69) is 5.32 Å². The van der Waals surface area contributed by atoms with E-state index in [0.717, 1.165) is 5.56 Å². The highest BCUT2D eigenvalue weighted by Crippen LogP contribution is 2.20. The number of hydrogen-bond donors (Lipinski definition) is 2. The van der Waals surface area contributed by atoms with Gasteiger partial charge in [0.2, 0.25) is 0 Å². The van der Waals surface area contributed by atoms with Crippen LogP contribution in [0.2, 0.25) is 0 Å². The molecule has 6 nitrogen and oxygen atoms in total. The number of nitrogens with one attached hydrogen (secondary N) is 1. The molecule has 0 bridgehead atoms. The van der Waals surface area contributed by atoms with Crippen molar-refractivity contribution < 1.29 is 19.1 Å². The number of ketones is 1. The van der Waals surface area contributed by atoms with Crippen LogP contribution in [0.15, 0.2) is 48.5 Å². The van der Waals surface area contributed by atoms with Gasteiger partial charge in [0.05, 0.1) is 7.11 Å². The zero-order valence-electron chi connectivity index (χ0n) is 13.5. The molecule has 0 saturated carbocycles. The second-order valence-electron chi connectivity index (χ2n) is 5.11. The highest BCUT2D eigenvalue weighted by Gasteiger charge is 2.12. The Balaban J connectivity index is 1.77. The lowest BCUT2D eigenvalue weighted by molar-refractivity contribution is 0.0981. The van der Waals surface area contributed by atoms with Crippen LogP contribution in [0.1, 0.15) is 22.3 Å². The van der Waals surface area contributed by atoms with Crippen LogP contribution in [0.3, 0.4) is 0 Å². The van der Waals surface area contributed by atoms with Crippen molar-refractivity contribution in [2.24, 2.45) is 0 Å². The third kappa shape index (κ3) is 5.01. The van der Waals surface area contributed by atoms with Gasteiger partial charge in [0.25, 0.3) is 0 Å². The summed E-state index contributed by atoms with van der Waals surface area (Å²) in [6.07, 6.45) is -0.442. The highest BCUT2D eigenvalue weighted by atomic mass is 16.5. The molecule has 0 fully saturated rings. The Morgan fingerprint density at radius 3 is 2.58 bits per heavy atom. The van der Waals surface area contributed by atoms with E-state index >= 15 is 0 Å². The number of nitrogen functional groups attached to an aromatic ring is 1. The average molecular weight is 328 g/mol. The summed E-state index contributed by atoms with van der Waals surface area (Å²) in [5, 5.41) is 2.55. The van der Waals surface area contributed by atoms with Crippen molar-refractivity contribution in [3.63, 3.8) is 0 Å². The van der Waals surface area contributed by atoms with Gasteiger partial charge in [-0.25, -0.2) is 4.79 Å². The first-order valence-corrected chi connectivity index (χ1v) is 7.51. The van der Waals surface area contributed by atoms with Gasteiger partial charge >= 0.3 is 6.09 Å². The van der Waals surface area contributed by atoms with Crippen LogP contribution in [-0.2, 0) is 11.3 Å². The number of rotatable bonds is 7. The Morgan fingerprint density at radius 2 is 1.88 bits per heavy atom. The molecule has 0 atom stereocenters. The number of nitrogens with two attached hydrogens (primary N) is 1. The van der Waals surface area contributed by atoms with Crippen LogP contribution in [0.4, 0.5) is 10.5 Å². The Labute approximate surface area is 140 Å². The fourth-order valence-corrected chi connectivity index (χ4v) is 2.09. The lowest BCUT2D eigenvalue weighted by Gasteiger charge is -2.09. The topological polar surface area (TPSA) is 90.6 Å². The molecule has 0 saturated heterocycles.